The number of unbranched alkanes of at least 4 members (excludes halogenated alkanes) is 6. The zero-order valence-corrected chi connectivity index (χ0v) is 31.8. The van der Waals surface area contributed by atoms with Crippen LogP contribution in [0.2, 0.25) is 0 Å². The van der Waals surface area contributed by atoms with Gasteiger partial charge < -0.3 is 0 Å². The molecule has 0 aromatic heterocycles. The zero-order chi connectivity index (χ0) is 31.8. The van der Waals surface area contributed by atoms with E-state index in [1.54, 1.807) is 0 Å². The van der Waals surface area contributed by atoms with E-state index in [4.69, 9.17) is 0 Å². The summed E-state index contributed by atoms with van der Waals surface area (Å²) in [6.07, 6.45) is 20.2. The summed E-state index contributed by atoms with van der Waals surface area (Å²) < 4.78 is 0. The van der Waals surface area contributed by atoms with Gasteiger partial charge in [0.15, 0.2) is 0 Å². The van der Waals surface area contributed by atoms with E-state index in [2.05, 4.69) is 132 Å². The Bertz CT molecular complexity index is 269. The fourth-order valence-electron chi connectivity index (χ4n) is 1.72. The minimum atomic E-state index is 0.542. The van der Waals surface area contributed by atoms with Crippen molar-refractivity contribution >= 4 is 0 Å². The highest BCUT2D eigenvalue weighted by atomic mass is 14.1. The van der Waals surface area contributed by atoms with Gasteiger partial charge in [-0.15, -0.1) is 0 Å². The summed E-state index contributed by atoms with van der Waals surface area (Å²) in [6, 6.07) is 0. The van der Waals surface area contributed by atoms with Crippen molar-refractivity contribution in [2.24, 2.45) is 23.2 Å². The average Bonchev–Trinajstić information content (AvgIpc) is 2.88. The summed E-state index contributed by atoms with van der Waals surface area (Å²) in [4.78, 5) is 0. The molecule has 0 nitrogen and oxygen atoms in total. The Balaban J connectivity index is -0.0000000593. The largest absolute Gasteiger partial charge is 0.0654 e. The normalized spacial score (nSPS) is 9.63. The highest BCUT2D eigenvalue weighted by Crippen LogP contribution is 2.16. The van der Waals surface area contributed by atoms with Crippen molar-refractivity contribution in [2.75, 3.05) is 0 Å². The third-order valence-electron chi connectivity index (χ3n) is 6.30. The van der Waals surface area contributed by atoms with Crippen molar-refractivity contribution < 1.29 is 0 Å². The van der Waals surface area contributed by atoms with E-state index in [1.165, 1.54) is 96.3 Å². The molecule has 0 saturated heterocycles. The molecule has 0 spiro atoms. The first-order valence-electron chi connectivity index (χ1n) is 17.7. The van der Waals surface area contributed by atoms with Crippen molar-refractivity contribution in [3.63, 3.8) is 0 Å². The first-order valence-corrected chi connectivity index (χ1v) is 17.7. The smallest absolute Gasteiger partial charge is 0.0385 e. The fraction of sp³-hybridized carbons (Fsp3) is 1.00. The second-order valence-corrected chi connectivity index (χ2v) is 12.9. The minimum absolute atomic E-state index is 0.542. The van der Waals surface area contributed by atoms with Gasteiger partial charge in [0.05, 0.1) is 0 Å². The van der Waals surface area contributed by atoms with E-state index in [0.29, 0.717) is 5.41 Å². The first kappa shape index (κ1) is 54.1. The van der Waals surface area contributed by atoms with E-state index in [0.717, 1.165) is 17.8 Å². The van der Waals surface area contributed by atoms with Gasteiger partial charge in [-0.1, -0.05) is 228 Å². The van der Waals surface area contributed by atoms with Crippen LogP contribution >= 0.6 is 0 Å². The van der Waals surface area contributed by atoms with Gasteiger partial charge in [0.2, 0.25) is 0 Å². The third kappa shape index (κ3) is 136. The van der Waals surface area contributed by atoms with Gasteiger partial charge in [-0.25, -0.2) is 0 Å². The maximum atomic E-state index is 2.28. The molecule has 0 unspecified atom stereocenters. The molecule has 0 aromatic rings. The van der Waals surface area contributed by atoms with Gasteiger partial charge in [0.25, 0.3) is 0 Å². The molecule has 0 aliphatic heterocycles. The van der Waals surface area contributed by atoms with Gasteiger partial charge in [0, 0.05) is 0 Å². The number of hydrogen-bond acceptors (Lipinski definition) is 0. The lowest BCUT2D eigenvalue weighted by atomic mass is 9.94. The molecule has 0 radical (unpaired) electrons. The molecule has 0 heteroatoms. The van der Waals surface area contributed by atoms with Crippen LogP contribution < -0.4 is 0 Å². The number of hydrogen-bond donors (Lipinski definition) is 0. The zero-order valence-electron chi connectivity index (χ0n) is 31.8. The van der Waals surface area contributed by atoms with E-state index in [9.17, 15) is 0 Å². The quantitative estimate of drug-likeness (QED) is 0.226. The molecule has 0 aliphatic carbocycles. The molecule has 0 amide bonds. The van der Waals surface area contributed by atoms with Gasteiger partial charge in [-0.2, -0.15) is 0 Å². The molecule has 38 heavy (non-hydrogen) atoms. The van der Waals surface area contributed by atoms with Crippen LogP contribution in [-0.2, 0) is 0 Å². The topological polar surface area (TPSA) is 0 Å². The monoisotopic (exact) mass is 547 g/mol. The summed E-state index contributed by atoms with van der Waals surface area (Å²) in [5.74, 6) is 2.72. The minimum Gasteiger partial charge on any atom is -0.0654 e. The van der Waals surface area contributed by atoms with Crippen molar-refractivity contribution in [1.82, 2.24) is 0 Å². The summed E-state index contributed by atoms with van der Waals surface area (Å²) >= 11 is 0. The lowest BCUT2D eigenvalue weighted by molar-refractivity contribution is 0.398. The van der Waals surface area contributed by atoms with Crippen LogP contribution in [0.1, 0.15) is 228 Å². The van der Waals surface area contributed by atoms with Gasteiger partial charge >= 0.3 is 0 Å². The molecular formula is C38H90. The van der Waals surface area contributed by atoms with Crippen molar-refractivity contribution in [2.45, 2.75) is 228 Å². The molecular weight excluding hydrogens is 456 g/mol. The predicted molar refractivity (Wildman–Crippen MR) is 190 cm³/mol. The Labute approximate surface area is 250 Å². The summed E-state index contributed by atoms with van der Waals surface area (Å²) in [5.41, 5.74) is 0.542. The molecule has 0 fully saturated rings. The summed E-state index contributed by atoms with van der Waals surface area (Å²) in [7, 11) is 0. The van der Waals surface area contributed by atoms with Crippen LogP contribution in [-0.4, -0.2) is 0 Å². The summed E-state index contributed by atoms with van der Waals surface area (Å²) in [5, 5.41) is 0. The molecule has 0 bridgehead atoms. The highest BCUT2D eigenvalue weighted by Gasteiger charge is 2.03. The molecule has 0 atom stereocenters. The van der Waals surface area contributed by atoms with Gasteiger partial charge in [-0.3, -0.25) is 0 Å². The predicted octanol–water partition coefficient (Wildman–Crippen LogP) is 16.0. The van der Waals surface area contributed by atoms with Crippen LogP contribution in [0.4, 0.5) is 0 Å². The Morgan fingerprint density at radius 1 is 0.395 bits per heavy atom. The first-order chi connectivity index (χ1) is 17.7. The van der Waals surface area contributed by atoms with Crippen molar-refractivity contribution in [1.29, 1.82) is 0 Å². The van der Waals surface area contributed by atoms with E-state index in [-0.39, 0.29) is 0 Å². The van der Waals surface area contributed by atoms with Gasteiger partial charge in [0.1, 0.15) is 0 Å². The molecule has 0 N–H and O–H groups in total. The van der Waals surface area contributed by atoms with E-state index in [1.807, 2.05) is 0 Å². The van der Waals surface area contributed by atoms with Crippen LogP contribution in [0.25, 0.3) is 0 Å². The lowest BCUT2D eigenvalue weighted by Crippen LogP contribution is -2.00. The van der Waals surface area contributed by atoms with Crippen LogP contribution in [0.15, 0.2) is 0 Å². The molecule has 0 rings (SSSR count). The second kappa shape index (κ2) is 53.3. The maximum absolute atomic E-state index is 2.28. The van der Waals surface area contributed by atoms with Crippen molar-refractivity contribution in [3.8, 4) is 0 Å². The standard InChI is InChI=1S/4C6H14.2C5H12.C4H10/c1-5-6(2,3)4;1-4-5-6(2)3;1-4-6(3)5-2;1-3-5-6-4-2;1-4-5(2)3;1-3-5-4-2;1-3-4-2/h5H2,1-4H3;2*6H,4-5H2,1-3H3;3-6H2,1-2H3;5H,4H2,1-3H3;3-5H2,1-2H3;3-4H2,1-2H3. The van der Waals surface area contributed by atoms with Gasteiger partial charge in [-0.05, 0) is 23.2 Å². The third-order valence-corrected chi connectivity index (χ3v) is 6.30. The molecule has 0 heterocycles. The highest BCUT2D eigenvalue weighted by molar-refractivity contribution is 4.55. The Kier molecular flexibility index (Phi) is 75.9. The molecule has 0 aromatic carbocycles. The van der Waals surface area contributed by atoms with Crippen molar-refractivity contribution in [3.05, 3.63) is 0 Å². The Morgan fingerprint density at radius 3 is 0.711 bits per heavy atom. The SMILES string of the molecule is CCC(C)(C)C.CCC(C)C.CCC(C)CC.CCCC.CCCC(C)C.CCCCC.CCCCCC. The molecule has 0 aliphatic rings. The Hall–Kier alpha value is 0. The van der Waals surface area contributed by atoms with E-state index >= 15 is 0 Å². The van der Waals surface area contributed by atoms with Crippen LogP contribution in [0.5, 0.6) is 0 Å². The maximum Gasteiger partial charge on any atom is -0.0385 e. The Morgan fingerprint density at radius 2 is 0.684 bits per heavy atom. The van der Waals surface area contributed by atoms with E-state index < -0.39 is 0 Å². The van der Waals surface area contributed by atoms with Crippen LogP contribution in [0, 0.1) is 23.2 Å². The second-order valence-electron chi connectivity index (χ2n) is 12.9. The van der Waals surface area contributed by atoms with Crippen LogP contribution in [0.3, 0.4) is 0 Å². The average molecular weight is 547 g/mol. The fourth-order valence-corrected chi connectivity index (χ4v) is 1.72. The molecule has 0 saturated carbocycles. The number of rotatable bonds is 11. The lowest BCUT2D eigenvalue weighted by Gasteiger charge is -2.12. The molecule has 242 valence electrons. The summed E-state index contributed by atoms with van der Waals surface area (Å²) in [6.45, 7) is 42.3.